The molecule has 0 radical (unpaired) electrons. The second-order valence-corrected chi connectivity index (χ2v) is 4.91. The van der Waals surface area contributed by atoms with Crippen LogP contribution >= 0.6 is 0 Å². The molecule has 0 aliphatic carbocycles. The number of rotatable bonds is 6. The van der Waals surface area contributed by atoms with Crippen LogP contribution in [0.25, 0.3) is 0 Å². The lowest BCUT2D eigenvalue weighted by atomic mass is 10.00. The van der Waals surface area contributed by atoms with Crippen LogP contribution in [0.5, 0.6) is 0 Å². The van der Waals surface area contributed by atoms with E-state index in [1.165, 1.54) is 0 Å². The summed E-state index contributed by atoms with van der Waals surface area (Å²) in [5, 5.41) is 14.6. The maximum absolute atomic E-state index is 11.9. The van der Waals surface area contributed by atoms with E-state index >= 15 is 0 Å². The fourth-order valence-electron chi connectivity index (χ4n) is 1.81. The first-order chi connectivity index (χ1) is 8.99. The molecular weight excluding hydrogens is 244 g/mol. The van der Waals surface area contributed by atoms with Crippen LogP contribution in [0.15, 0.2) is 24.3 Å². The molecule has 0 aliphatic rings. The minimum atomic E-state index is -0.585. The summed E-state index contributed by atoms with van der Waals surface area (Å²) in [6.45, 7) is 4.15. The molecule has 1 unspecified atom stereocenters. The zero-order valence-corrected chi connectivity index (χ0v) is 11.7. The number of urea groups is 1. The van der Waals surface area contributed by atoms with E-state index in [0.717, 1.165) is 11.3 Å². The van der Waals surface area contributed by atoms with Crippen LogP contribution in [0.3, 0.4) is 0 Å². The number of amides is 2. The van der Waals surface area contributed by atoms with Crippen LogP contribution in [-0.2, 0) is 4.74 Å². The van der Waals surface area contributed by atoms with Crippen LogP contribution in [0.2, 0.25) is 0 Å². The molecule has 0 saturated heterocycles. The van der Waals surface area contributed by atoms with Crippen molar-refractivity contribution in [3.63, 3.8) is 0 Å². The fraction of sp³-hybridized carbons (Fsp3) is 0.500. The SMILES string of the molecule is COCC(C)(CCO)NC(=O)Nc1ccc(C)cc1. The Kier molecular flexibility index (Phi) is 5.79. The maximum Gasteiger partial charge on any atom is 0.319 e. The molecule has 3 N–H and O–H groups in total. The Labute approximate surface area is 114 Å². The predicted octanol–water partition coefficient (Wildman–Crippen LogP) is 1.90. The van der Waals surface area contributed by atoms with E-state index in [-0.39, 0.29) is 12.6 Å². The molecule has 2 amide bonds. The Morgan fingerprint density at radius 3 is 2.53 bits per heavy atom. The topological polar surface area (TPSA) is 70.6 Å². The van der Waals surface area contributed by atoms with Crippen molar-refractivity contribution in [2.24, 2.45) is 0 Å². The molecule has 106 valence electrons. The Morgan fingerprint density at radius 2 is 2.00 bits per heavy atom. The molecule has 0 aromatic heterocycles. The number of carbonyl (C=O) groups excluding carboxylic acids is 1. The monoisotopic (exact) mass is 266 g/mol. The molecule has 1 rings (SSSR count). The van der Waals surface area contributed by atoms with Crippen molar-refractivity contribution in [2.75, 3.05) is 25.6 Å². The molecule has 1 atom stereocenters. The van der Waals surface area contributed by atoms with Gasteiger partial charge in [-0.15, -0.1) is 0 Å². The van der Waals surface area contributed by atoms with E-state index in [9.17, 15) is 4.79 Å². The van der Waals surface area contributed by atoms with Gasteiger partial charge in [-0.3, -0.25) is 0 Å². The lowest BCUT2D eigenvalue weighted by molar-refractivity contribution is 0.104. The standard InChI is InChI=1S/C14H22N2O3/c1-11-4-6-12(7-5-11)15-13(18)16-14(2,8-9-17)10-19-3/h4-7,17H,8-10H2,1-3H3,(H2,15,16,18). The van der Waals surface area contributed by atoms with Crippen molar-refractivity contribution in [1.82, 2.24) is 5.32 Å². The summed E-state index contributed by atoms with van der Waals surface area (Å²) in [5.41, 5.74) is 1.28. The number of hydrogen-bond donors (Lipinski definition) is 3. The van der Waals surface area contributed by atoms with Crippen LogP contribution in [0, 0.1) is 6.92 Å². The number of aryl methyl sites for hydroxylation is 1. The molecule has 5 nitrogen and oxygen atoms in total. The van der Waals surface area contributed by atoms with Gasteiger partial charge in [0.2, 0.25) is 0 Å². The highest BCUT2D eigenvalue weighted by atomic mass is 16.5. The molecule has 0 saturated carbocycles. The van der Waals surface area contributed by atoms with Gasteiger partial charge in [0, 0.05) is 19.4 Å². The highest BCUT2D eigenvalue weighted by molar-refractivity contribution is 5.89. The van der Waals surface area contributed by atoms with Gasteiger partial charge in [-0.05, 0) is 32.4 Å². The largest absolute Gasteiger partial charge is 0.396 e. The van der Waals surface area contributed by atoms with Gasteiger partial charge in [0.05, 0.1) is 12.1 Å². The van der Waals surface area contributed by atoms with Gasteiger partial charge in [-0.1, -0.05) is 17.7 Å². The highest BCUT2D eigenvalue weighted by Crippen LogP contribution is 2.12. The normalized spacial score (nSPS) is 13.7. The minimum absolute atomic E-state index is 0.00925. The summed E-state index contributed by atoms with van der Waals surface area (Å²) in [5.74, 6) is 0. The van der Waals surface area contributed by atoms with Crippen molar-refractivity contribution >= 4 is 11.7 Å². The van der Waals surface area contributed by atoms with Gasteiger partial charge in [0.1, 0.15) is 0 Å². The summed E-state index contributed by atoms with van der Waals surface area (Å²) in [6.07, 6.45) is 0.433. The van der Waals surface area contributed by atoms with Crippen molar-refractivity contribution in [2.45, 2.75) is 25.8 Å². The zero-order chi connectivity index (χ0) is 14.3. The van der Waals surface area contributed by atoms with Gasteiger partial charge in [-0.2, -0.15) is 0 Å². The fourth-order valence-corrected chi connectivity index (χ4v) is 1.81. The Bertz CT molecular complexity index is 398. The van der Waals surface area contributed by atoms with Crippen molar-refractivity contribution < 1.29 is 14.6 Å². The summed E-state index contributed by atoms with van der Waals surface area (Å²) in [7, 11) is 1.56. The molecule has 1 aromatic carbocycles. The molecule has 5 heteroatoms. The summed E-state index contributed by atoms with van der Waals surface area (Å²) in [6, 6.07) is 7.23. The third-order valence-electron chi connectivity index (χ3n) is 2.85. The second kappa shape index (κ2) is 7.11. The predicted molar refractivity (Wildman–Crippen MR) is 75.3 cm³/mol. The minimum Gasteiger partial charge on any atom is -0.396 e. The van der Waals surface area contributed by atoms with Gasteiger partial charge in [0.15, 0.2) is 0 Å². The van der Waals surface area contributed by atoms with Crippen LogP contribution in [0.4, 0.5) is 10.5 Å². The molecule has 1 aromatic rings. The van der Waals surface area contributed by atoms with E-state index in [4.69, 9.17) is 9.84 Å². The summed E-state index contributed by atoms with van der Waals surface area (Å²) in [4.78, 5) is 11.9. The number of nitrogens with one attached hydrogen (secondary N) is 2. The van der Waals surface area contributed by atoms with Gasteiger partial charge in [0.25, 0.3) is 0 Å². The van der Waals surface area contributed by atoms with Crippen molar-refractivity contribution in [3.05, 3.63) is 29.8 Å². The molecule has 0 aliphatic heterocycles. The average Bonchev–Trinajstić information content (AvgIpc) is 2.32. The van der Waals surface area contributed by atoms with Crippen LogP contribution in [0.1, 0.15) is 18.9 Å². The van der Waals surface area contributed by atoms with Crippen LogP contribution in [-0.4, -0.2) is 37.0 Å². The van der Waals surface area contributed by atoms with E-state index in [0.29, 0.717) is 13.0 Å². The molecular formula is C14H22N2O3. The third kappa shape index (κ3) is 5.28. The lowest BCUT2D eigenvalue weighted by Crippen LogP contribution is -2.51. The van der Waals surface area contributed by atoms with E-state index < -0.39 is 5.54 Å². The maximum atomic E-state index is 11.9. The quantitative estimate of drug-likeness (QED) is 0.736. The number of anilines is 1. The number of benzene rings is 1. The summed E-state index contributed by atoms with van der Waals surface area (Å²) >= 11 is 0. The van der Waals surface area contributed by atoms with E-state index in [1.807, 2.05) is 38.1 Å². The molecule has 0 spiro atoms. The Morgan fingerprint density at radius 1 is 1.37 bits per heavy atom. The Hall–Kier alpha value is -1.59. The molecule has 0 bridgehead atoms. The number of methoxy groups -OCH3 is 1. The first kappa shape index (κ1) is 15.5. The van der Waals surface area contributed by atoms with Crippen LogP contribution < -0.4 is 10.6 Å². The van der Waals surface area contributed by atoms with Crippen molar-refractivity contribution in [3.8, 4) is 0 Å². The lowest BCUT2D eigenvalue weighted by Gasteiger charge is -2.29. The molecule has 0 heterocycles. The molecule has 0 fully saturated rings. The second-order valence-electron chi connectivity index (χ2n) is 4.91. The smallest absolute Gasteiger partial charge is 0.319 e. The third-order valence-corrected chi connectivity index (χ3v) is 2.85. The van der Waals surface area contributed by atoms with E-state index in [2.05, 4.69) is 10.6 Å². The number of aliphatic hydroxyl groups is 1. The average molecular weight is 266 g/mol. The number of aliphatic hydroxyl groups excluding tert-OH is 1. The van der Waals surface area contributed by atoms with Crippen molar-refractivity contribution in [1.29, 1.82) is 0 Å². The Balaban J connectivity index is 2.59. The zero-order valence-electron chi connectivity index (χ0n) is 11.7. The van der Waals surface area contributed by atoms with Gasteiger partial charge in [-0.25, -0.2) is 4.79 Å². The molecule has 19 heavy (non-hydrogen) atoms. The summed E-state index contributed by atoms with van der Waals surface area (Å²) < 4.78 is 5.07. The number of ether oxygens (including phenoxy) is 1. The number of hydrogen-bond acceptors (Lipinski definition) is 3. The number of carbonyl (C=O) groups is 1. The first-order valence-electron chi connectivity index (χ1n) is 6.25. The first-order valence-corrected chi connectivity index (χ1v) is 6.25. The highest BCUT2D eigenvalue weighted by Gasteiger charge is 2.25. The van der Waals surface area contributed by atoms with Gasteiger partial charge < -0.3 is 20.5 Å². The van der Waals surface area contributed by atoms with E-state index in [1.54, 1.807) is 7.11 Å². The van der Waals surface area contributed by atoms with Gasteiger partial charge >= 0.3 is 6.03 Å².